The van der Waals surface area contributed by atoms with E-state index < -0.39 is 11.7 Å². The average molecular weight is 394 g/mol. The highest BCUT2D eigenvalue weighted by atomic mass is 79.9. The Hall–Kier alpha value is -1.75. The lowest BCUT2D eigenvalue weighted by Gasteiger charge is -2.38. The van der Waals surface area contributed by atoms with Gasteiger partial charge in [-0.2, -0.15) is 13.2 Å². The number of para-hydroxylation sites is 1. The molecule has 2 aromatic carbocycles. The molecule has 0 aromatic heterocycles. The van der Waals surface area contributed by atoms with Crippen LogP contribution < -0.4 is 5.32 Å². The number of rotatable bonds is 1. The van der Waals surface area contributed by atoms with Crippen molar-refractivity contribution < 1.29 is 13.2 Å². The fraction of sp³-hybridized carbons (Fsp3) is 0.263. The maximum Gasteiger partial charge on any atom is 0.416 e. The van der Waals surface area contributed by atoms with Gasteiger partial charge < -0.3 is 5.32 Å². The van der Waals surface area contributed by atoms with Gasteiger partial charge in [0.2, 0.25) is 0 Å². The largest absolute Gasteiger partial charge is 0.416 e. The molecule has 3 atom stereocenters. The molecule has 1 aliphatic heterocycles. The normalized spacial score (nSPS) is 25.1. The molecule has 0 saturated carbocycles. The molecule has 0 bridgehead atoms. The van der Waals surface area contributed by atoms with Gasteiger partial charge >= 0.3 is 6.18 Å². The van der Waals surface area contributed by atoms with Crippen LogP contribution in [0.5, 0.6) is 0 Å². The SMILES string of the molecule is FC(F)(F)c1ccccc1[C@@H]1Nc2c(Br)cccc2[C@H]2C=CC[C@@H]21. The van der Waals surface area contributed by atoms with E-state index in [-0.39, 0.29) is 17.9 Å². The van der Waals surface area contributed by atoms with E-state index >= 15 is 0 Å². The number of anilines is 1. The first-order chi connectivity index (χ1) is 11.5. The van der Waals surface area contributed by atoms with E-state index in [0.717, 1.165) is 22.1 Å². The Morgan fingerprint density at radius 3 is 2.54 bits per heavy atom. The third-order valence-electron chi connectivity index (χ3n) is 4.95. The van der Waals surface area contributed by atoms with Gasteiger partial charge in [-0.05, 0) is 51.5 Å². The molecular weight excluding hydrogens is 379 g/mol. The fourth-order valence-electron chi connectivity index (χ4n) is 3.92. The summed E-state index contributed by atoms with van der Waals surface area (Å²) in [6.45, 7) is 0. The van der Waals surface area contributed by atoms with Gasteiger partial charge in [0.1, 0.15) is 0 Å². The maximum atomic E-state index is 13.5. The van der Waals surface area contributed by atoms with Crippen LogP contribution in [0.1, 0.15) is 35.1 Å². The van der Waals surface area contributed by atoms with Crippen LogP contribution in [0.25, 0.3) is 0 Å². The Balaban J connectivity index is 1.85. The molecule has 0 amide bonds. The van der Waals surface area contributed by atoms with Crippen LogP contribution >= 0.6 is 15.9 Å². The topological polar surface area (TPSA) is 12.0 Å². The standard InChI is InChI=1S/C19H15BrF3N/c20-16-10-4-8-13-11-6-3-7-12(11)17(24-18(13)16)14-5-1-2-9-15(14)19(21,22)23/h1-6,8-12,17,24H,7H2/t11-,12-,17+/m0/s1. The van der Waals surface area contributed by atoms with Crippen molar-refractivity contribution in [3.63, 3.8) is 0 Å². The van der Waals surface area contributed by atoms with Crippen LogP contribution in [-0.2, 0) is 6.18 Å². The minimum atomic E-state index is -4.35. The molecule has 0 spiro atoms. The minimum Gasteiger partial charge on any atom is -0.377 e. The number of hydrogen-bond donors (Lipinski definition) is 1. The highest BCUT2D eigenvalue weighted by Crippen LogP contribution is 2.52. The smallest absolute Gasteiger partial charge is 0.377 e. The number of nitrogens with one attached hydrogen (secondary N) is 1. The summed E-state index contributed by atoms with van der Waals surface area (Å²) < 4.78 is 41.3. The summed E-state index contributed by atoms with van der Waals surface area (Å²) >= 11 is 3.53. The Labute approximate surface area is 146 Å². The first-order valence-electron chi connectivity index (χ1n) is 7.84. The molecule has 5 heteroatoms. The van der Waals surface area contributed by atoms with Crippen LogP contribution in [0.15, 0.2) is 59.1 Å². The second-order valence-corrected chi connectivity index (χ2v) is 7.12. The van der Waals surface area contributed by atoms with Gasteiger partial charge in [-0.3, -0.25) is 0 Å². The maximum absolute atomic E-state index is 13.5. The van der Waals surface area contributed by atoms with Gasteiger partial charge in [-0.1, -0.05) is 42.5 Å². The predicted molar refractivity (Wildman–Crippen MR) is 91.9 cm³/mol. The van der Waals surface area contributed by atoms with Crippen molar-refractivity contribution in [1.29, 1.82) is 0 Å². The lowest BCUT2D eigenvalue weighted by Crippen LogP contribution is -2.31. The molecule has 0 radical (unpaired) electrons. The van der Waals surface area contributed by atoms with E-state index in [4.69, 9.17) is 0 Å². The zero-order chi connectivity index (χ0) is 16.9. The Bertz CT molecular complexity index is 812. The van der Waals surface area contributed by atoms with Crippen LogP contribution in [0.3, 0.4) is 0 Å². The number of hydrogen-bond acceptors (Lipinski definition) is 1. The lowest BCUT2D eigenvalue weighted by molar-refractivity contribution is -0.138. The van der Waals surface area contributed by atoms with Crippen LogP contribution in [0.4, 0.5) is 18.9 Å². The summed E-state index contributed by atoms with van der Waals surface area (Å²) in [5.74, 6) is 0.236. The van der Waals surface area contributed by atoms with Gasteiger partial charge in [0.15, 0.2) is 0 Å². The zero-order valence-electron chi connectivity index (χ0n) is 12.6. The molecule has 2 aromatic rings. The van der Waals surface area contributed by atoms with Crippen molar-refractivity contribution >= 4 is 21.6 Å². The van der Waals surface area contributed by atoms with Crippen molar-refractivity contribution in [2.24, 2.45) is 5.92 Å². The molecule has 1 aliphatic carbocycles. The highest BCUT2D eigenvalue weighted by Gasteiger charge is 2.42. The minimum absolute atomic E-state index is 0.0929. The van der Waals surface area contributed by atoms with E-state index in [0.29, 0.717) is 5.56 Å². The third-order valence-corrected chi connectivity index (χ3v) is 5.61. The first kappa shape index (κ1) is 15.8. The predicted octanol–water partition coefficient (Wildman–Crippen LogP) is 6.29. The van der Waals surface area contributed by atoms with Gasteiger partial charge in [0.05, 0.1) is 17.3 Å². The van der Waals surface area contributed by atoms with Crippen LogP contribution in [0.2, 0.25) is 0 Å². The number of alkyl halides is 3. The number of halogens is 4. The highest BCUT2D eigenvalue weighted by molar-refractivity contribution is 9.10. The molecule has 1 N–H and O–H groups in total. The zero-order valence-corrected chi connectivity index (χ0v) is 14.2. The summed E-state index contributed by atoms with van der Waals surface area (Å²) in [6, 6.07) is 11.5. The third kappa shape index (κ3) is 2.46. The van der Waals surface area contributed by atoms with E-state index in [2.05, 4.69) is 33.4 Å². The van der Waals surface area contributed by atoms with Crippen molar-refractivity contribution in [3.8, 4) is 0 Å². The van der Waals surface area contributed by atoms with Gasteiger partial charge in [-0.25, -0.2) is 0 Å². The summed E-state index contributed by atoms with van der Waals surface area (Å²) in [4.78, 5) is 0. The molecule has 0 saturated heterocycles. The van der Waals surface area contributed by atoms with Crippen LogP contribution in [0, 0.1) is 5.92 Å². The molecule has 0 unspecified atom stereocenters. The molecule has 1 heterocycles. The molecule has 2 aliphatic rings. The Morgan fingerprint density at radius 1 is 1.00 bits per heavy atom. The van der Waals surface area contributed by atoms with Crippen molar-refractivity contribution in [2.75, 3.05) is 5.32 Å². The van der Waals surface area contributed by atoms with E-state index in [1.807, 2.05) is 18.2 Å². The average Bonchev–Trinajstić information content (AvgIpc) is 3.04. The van der Waals surface area contributed by atoms with Gasteiger partial charge in [-0.15, -0.1) is 0 Å². The van der Waals surface area contributed by atoms with Gasteiger partial charge in [0.25, 0.3) is 0 Å². The summed E-state index contributed by atoms with van der Waals surface area (Å²) in [5.41, 5.74) is 1.81. The fourth-order valence-corrected chi connectivity index (χ4v) is 4.41. The first-order valence-corrected chi connectivity index (χ1v) is 8.64. The Kier molecular flexibility index (Phi) is 3.71. The summed E-state index contributed by atoms with van der Waals surface area (Å²) in [7, 11) is 0. The summed E-state index contributed by atoms with van der Waals surface area (Å²) in [6.07, 6.45) is 0.630. The number of allylic oxidation sites excluding steroid dienone is 2. The Morgan fingerprint density at radius 2 is 1.75 bits per heavy atom. The molecule has 1 nitrogen and oxygen atoms in total. The molecule has 124 valence electrons. The van der Waals surface area contributed by atoms with Gasteiger partial charge in [0, 0.05) is 10.4 Å². The van der Waals surface area contributed by atoms with Crippen molar-refractivity contribution in [2.45, 2.75) is 24.6 Å². The lowest BCUT2D eigenvalue weighted by atomic mass is 9.76. The second kappa shape index (κ2) is 5.66. The molecule has 0 fully saturated rings. The molecule has 4 rings (SSSR count). The van der Waals surface area contributed by atoms with Crippen LogP contribution in [-0.4, -0.2) is 0 Å². The van der Waals surface area contributed by atoms with Crippen molar-refractivity contribution in [3.05, 3.63) is 75.8 Å². The quantitative estimate of drug-likeness (QED) is 0.561. The molecular formula is C19H15BrF3N. The number of fused-ring (bicyclic) bond motifs is 3. The molecule has 24 heavy (non-hydrogen) atoms. The van der Waals surface area contributed by atoms with E-state index in [1.165, 1.54) is 12.1 Å². The van der Waals surface area contributed by atoms with E-state index in [9.17, 15) is 13.2 Å². The van der Waals surface area contributed by atoms with E-state index in [1.54, 1.807) is 12.1 Å². The second-order valence-electron chi connectivity index (χ2n) is 6.26. The monoisotopic (exact) mass is 393 g/mol. The van der Waals surface area contributed by atoms with Crippen molar-refractivity contribution in [1.82, 2.24) is 0 Å². The summed E-state index contributed by atoms with van der Waals surface area (Å²) in [5, 5.41) is 3.38. The number of benzene rings is 2.